The highest BCUT2D eigenvalue weighted by Gasteiger charge is 2.20. The summed E-state index contributed by atoms with van der Waals surface area (Å²) >= 11 is 0. The van der Waals surface area contributed by atoms with E-state index in [4.69, 9.17) is 5.73 Å². The Morgan fingerprint density at radius 1 is 1.20 bits per heavy atom. The van der Waals surface area contributed by atoms with Gasteiger partial charge in [0.25, 0.3) is 0 Å². The molecule has 0 atom stereocenters. The van der Waals surface area contributed by atoms with E-state index in [9.17, 15) is 0 Å². The summed E-state index contributed by atoms with van der Waals surface area (Å²) in [5, 5.41) is 0. The van der Waals surface area contributed by atoms with Crippen LogP contribution in [0.4, 0.5) is 0 Å². The molecule has 1 aromatic carbocycles. The van der Waals surface area contributed by atoms with Crippen LogP contribution in [0.25, 0.3) is 0 Å². The minimum Gasteiger partial charge on any atom is -0.320 e. The maximum atomic E-state index is 5.49. The number of benzene rings is 1. The maximum Gasteiger partial charge on any atom is 0.0555 e. The van der Waals surface area contributed by atoms with Crippen molar-refractivity contribution in [1.29, 1.82) is 0 Å². The molecule has 0 amide bonds. The molecule has 2 rings (SSSR count). The zero-order valence-electron chi connectivity index (χ0n) is 12.6. The molecule has 0 bridgehead atoms. The van der Waals surface area contributed by atoms with Gasteiger partial charge in [0, 0.05) is 18.2 Å². The Bertz CT molecular complexity index is 464. The van der Waals surface area contributed by atoms with Crippen LogP contribution in [-0.4, -0.2) is 24.0 Å². The lowest BCUT2D eigenvalue weighted by Gasteiger charge is -2.33. The first-order valence-electron chi connectivity index (χ1n) is 7.86. The number of hydrogen-bond donors (Lipinski definition) is 1. The zero-order valence-corrected chi connectivity index (χ0v) is 12.6. The van der Waals surface area contributed by atoms with Gasteiger partial charge in [-0.2, -0.15) is 0 Å². The van der Waals surface area contributed by atoms with Crippen LogP contribution >= 0.6 is 0 Å². The monoisotopic (exact) mass is 270 g/mol. The molecule has 2 N–H and O–H groups in total. The third-order valence-electron chi connectivity index (χ3n) is 4.21. The molecular weight excluding hydrogens is 244 g/mol. The molecule has 20 heavy (non-hydrogen) atoms. The SMILES string of the molecule is CCN(Cc1ccccc1C#CCN)C1CCCCC1. The number of rotatable bonds is 4. The fourth-order valence-corrected chi connectivity index (χ4v) is 3.09. The lowest BCUT2D eigenvalue weighted by Crippen LogP contribution is -2.36. The van der Waals surface area contributed by atoms with Gasteiger partial charge in [-0.3, -0.25) is 4.90 Å². The van der Waals surface area contributed by atoms with Gasteiger partial charge < -0.3 is 5.73 Å². The van der Waals surface area contributed by atoms with Crippen molar-refractivity contribution in [1.82, 2.24) is 4.90 Å². The third kappa shape index (κ3) is 4.10. The molecule has 0 unspecified atom stereocenters. The molecule has 108 valence electrons. The van der Waals surface area contributed by atoms with Crippen molar-refractivity contribution in [2.75, 3.05) is 13.1 Å². The smallest absolute Gasteiger partial charge is 0.0555 e. The fourth-order valence-electron chi connectivity index (χ4n) is 3.09. The minimum atomic E-state index is 0.425. The highest BCUT2D eigenvalue weighted by molar-refractivity contribution is 5.41. The first-order valence-corrected chi connectivity index (χ1v) is 7.86. The van der Waals surface area contributed by atoms with Crippen molar-refractivity contribution in [2.45, 2.75) is 51.6 Å². The van der Waals surface area contributed by atoms with E-state index in [-0.39, 0.29) is 0 Å². The molecule has 0 heterocycles. The lowest BCUT2D eigenvalue weighted by atomic mass is 9.93. The largest absolute Gasteiger partial charge is 0.320 e. The van der Waals surface area contributed by atoms with Crippen molar-refractivity contribution in [2.24, 2.45) is 5.73 Å². The van der Waals surface area contributed by atoms with Crippen molar-refractivity contribution >= 4 is 0 Å². The fraction of sp³-hybridized carbons (Fsp3) is 0.556. The Kier molecular flexibility index (Phi) is 6.11. The summed E-state index contributed by atoms with van der Waals surface area (Å²) in [7, 11) is 0. The Labute approximate surface area is 123 Å². The quantitative estimate of drug-likeness (QED) is 0.852. The van der Waals surface area contributed by atoms with Crippen LogP contribution in [0.2, 0.25) is 0 Å². The summed E-state index contributed by atoms with van der Waals surface area (Å²) in [5.41, 5.74) is 7.95. The van der Waals surface area contributed by atoms with Gasteiger partial charge in [0.05, 0.1) is 6.54 Å². The van der Waals surface area contributed by atoms with E-state index in [1.54, 1.807) is 0 Å². The highest BCUT2D eigenvalue weighted by atomic mass is 15.1. The lowest BCUT2D eigenvalue weighted by molar-refractivity contribution is 0.156. The van der Waals surface area contributed by atoms with Crippen LogP contribution in [0.15, 0.2) is 24.3 Å². The molecule has 0 aromatic heterocycles. The van der Waals surface area contributed by atoms with Crippen molar-refractivity contribution in [3.05, 3.63) is 35.4 Å². The topological polar surface area (TPSA) is 29.3 Å². The molecule has 2 heteroatoms. The molecule has 1 saturated carbocycles. The normalized spacial score (nSPS) is 15.9. The Morgan fingerprint density at radius 3 is 2.65 bits per heavy atom. The van der Waals surface area contributed by atoms with Crippen molar-refractivity contribution < 1.29 is 0 Å². The first-order chi connectivity index (χ1) is 9.85. The Hall–Kier alpha value is -1.30. The van der Waals surface area contributed by atoms with Crippen LogP contribution in [0.3, 0.4) is 0 Å². The van der Waals surface area contributed by atoms with Gasteiger partial charge in [-0.1, -0.05) is 56.2 Å². The zero-order chi connectivity index (χ0) is 14.2. The highest BCUT2D eigenvalue weighted by Crippen LogP contribution is 2.24. The summed E-state index contributed by atoms with van der Waals surface area (Å²) < 4.78 is 0. The molecule has 0 saturated heterocycles. The van der Waals surface area contributed by atoms with Crippen LogP contribution in [0.5, 0.6) is 0 Å². The van der Waals surface area contributed by atoms with E-state index in [1.807, 2.05) is 0 Å². The van der Waals surface area contributed by atoms with Gasteiger partial charge in [-0.15, -0.1) is 0 Å². The molecule has 1 aromatic rings. The Balaban J connectivity index is 2.10. The van der Waals surface area contributed by atoms with Crippen LogP contribution in [0, 0.1) is 11.8 Å². The maximum absolute atomic E-state index is 5.49. The average molecular weight is 270 g/mol. The summed E-state index contributed by atoms with van der Waals surface area (Å²) in [5.74, 6) is 6.18. The summed E-state index contributed by atoms with van der Waals surface area (Å²) in [6.07, 6.45) is 6.88. The van der Waals surface area contributed by atoms with E-state index in [0.29, 0.717) is 6.54 Å². The molecule has 2 nitrogen and oxygen atoms in total. The number of nitrogens with two attached hydrogens (primary N) is 1. The number of hydrogen-bond acceptors (Lipinski definition) is 2. The van der Waals surface area contributed by atoms with E-state index in [2.05, 4.69) is 47.9 Å². The predicted octanol–water partition coefficient (Wildman–Crippen LogP) is 3.15. The van der Waals surface area contributed by atoms with Gasteiger partial charge in [-0.25, -0.2) is 0 Å². The molecule has 0 aliphatic heterocycles. The summed E-state index contributed by atoms with van der Waals surface area (Å²) in [6.45, 7) is 4.82. The van der Waals surface area contributed by atoms with Crippen molar-refractivity contribution in [3.8, 4) is 11.8 Å². The molecule has 1 aliphatic rings. The second kappa shape index (κ2) is 8.09. The predicted molar refractivity (Wildman–Crippen MR) is 85.3 cm³/mol. The van der Waals surface area contributed by atoms with E-state index >= 15 is 0 Å². The third-order valence-corrected chi connectivity index (χ3v) is 4.21. The Morgan fingerprint density at radius 2 is 1.95 bits per heavy atom. The van der Waals surface area contributed by atoms with Crippen LogP contribution < -0.4 is 5.73 Å². The molecular formula is C18H26N2. The van der Waals surface area contributed by atoms with E-state index < -0.39 is 0 Å². The minimum absolute atomic E-state index is 0.425. The second-order valence-electron chi connectivity index (χ2n) is 5.52. The second-order valence-corrected chi connectivity index (χ2v) is 5.52. The summed E-state index contributed by atoms with van der Waals surface area (Å²) in [6, 6.07) is 9.22. The molecule has 1 aliphatic carbocycles. The number of nitrogens with zero attached hydrogens (tertiary/aromatic N) is 1. The molecule has 0 spiro atoms. The first kappa shape index (κ1) is 15.1. The van der Waals surface area contributed by atoms with Gasteiger partial charge in [0.1, 0.15) is 0 Å². The van der Waals surface area contributed by atoms with Crippen LogP contribution in [0.1, 0.15) is 50.2 Å². The average Bonchev–Trinajstić information content (AvgIpc) is 2.52. The summed E-state index contributed by atoms with van der Waals surface area (Å²) in [4.78, 5) is 2.61. The van der Waals surface area contributed by atoms with E-state index in [1.165, 1.54) is 37.7 Å². The van der Waals surface area contributed by atoms with Gasteiger partial charge in [0.15, 0.2) is 0 Å². The van der Waals surface area contributed by atoms with Gasteiger partial charge in [0.2, 0.25) is 0 Å². The van der Waals surface area contributed by atoms with Gasteiger partial charge in [-0.05, 0) is 31.0 Å². The van der Waals surface area contributed by atoms with Crippen molar-refractivity contribution in [3.63, 3.8) is 0 Å². The van der Waals surface area contributed by atoms with Gasteiger partial charge >= 0.3 is 0 Å². The van der Waals surface area contributed by atoms with Crippen LogP contribution in [-0.2, 0) is 6.54 Å². The van der Waals surface area contributed by atoms with E-state index in [0.717, 1.165) is 24.7 Å². The standard InChI is InChI=1S/C18H26N2/c1-2-20(18-12-4-3-5-13-18)15-17-10-7-6-9-16(17)11-8-14-19/h6-7,9-10,18H,2-5,12-15,19H2,1H3. The molecule has 1 fully saturated rings. The molecule has 0 radical (unpaired) electrons.